The van der Waals surface area contributed by atoms with Crippen molar-refractivity contribution in [3.63, 3.8) is 0 Å². The number of hydrogen-bond donors (Lipinski definition) is 1. The fraction of sp³-hybridized carbons (Fsp3) is 1.00. The molecular formula is C14H29N3S. The van der Waals surface area contributed by atoms with Gasteiger partial charge < -0.3 is 15.1 Å². The Morgan fingerprint density at radius 1 is 1.33 bits per heavy atom. The minimum absolute atomic E-state index is 0.753. The van der Waals surface area contributed by atoms with Gasteiger partial charge in [-0.2, -0.15) is 11.8 Å². The van der Waals surface area contributed by atoms with Crippen molar-refractivity contribution >= 4 is 11.8 Å². The molecule has 4 heteroatoms. The highest BCUT2D eigenvalue weighted by Gasteiger charge is 2.19. The molecule has 3 nitrogen and oxygen atoms in total. The molecule has 18 heavy (non-hydrogen) atoms. The quantitative estimate of drug-likeness (QED) is 0.813. The molecule has 0 radical (unpaired) electrons. The van der Waals surface area contributed by atoms with Crippen LogP contribution < -0.4 is 5.32 Å². The lowest BCUT2D eigenvalue weighted by atomic mass is 9.96. The minimum Gasteiger partial charge on any atom is -0.312 e. The highest BCUT2D eigenvalue weighted by atomic mass is 32.2. The van der Waals surface area contributed by atoms with Gasteiger partial charge in [0.25, 0.3) is 0 Å². The van der Waals surface area contributed by atoms with Gasteiger partial charge in [0.1, 0.15) is 0 Å². The van der Waals surface area contributed by atoms with Crippen LogP contribution in [0.4, 0.5) is 0 Å². The summed E-state index contributed by atoms with van der Waals surface area (Å²) in [7, 11) is 4.54. The van der Waals surface area contributed by atoms with E-state index in [0.29, 0.717) is 0 Å². The van der Waals surface area contributed by atoms with Gasteiger partial charge in [0.2, 0.25) is 0 Å². The van der Waals surface area contributed by atoms with Crippen molar-refractivity contribution in [3.05, 3.63) is 0 Å². The van der Waals surface area contributed by atoms with Crippen LogP contribution in [0.25, 0.3) is 0 Å². The molecular weight excluding hydrogens is 242 g/mol. The summed E-state index contributed by atoms with van der Waals surface area (Å²) in [6.07, 6.45) is 4.09. The zero-order valence-corrected chi connectivity index (χ0v) is 12.8. The predicted molar refractivity (Wildman–Crippen MR) is 81.5 cm³/mol. The van der Waals surface area contributed by atoms with Crippen LogP contribution in [-0.2, 0) is 0 Å². The number of likely N-dealkylation sites (tertiary alicyclic amines) is 1. The average Bonchev–Trinajstić information content (AvgIpc) is 2.40. The van der Waals surface area contributed by atoms with Crippen molar-refractivity contribution in [1.29, 1.82) is 0 Å². The summed E-state index contributed by atoms with van der Waals surface area (Å²) < 4.78 is 0. The largest absolute Gasteiger partial charge is 0.312 e. The van der Waals surface area contributed by atoms with Gasteiger partial charge in [-0.3, -0.25) is 0 Å². The lowest BCUT2D eigenvalue weighted by Gasteiger charge is -2.32. The van der Waals surface area contributed by atoms with Gasteiger partial charge in [-0.15, -0.1) is 0 Å². The summed E-state index contributed by atoms with van der Waals surface area (Å²) in [4.78, 5) is 5.01. The Balaban J connectivity index is 1.58. The highest BCUT2D eigenvalue weighted by molar-refractivity contribution is 7.99. The monoisotopic (exact) mass is 271 g/mol. The summed E-state index contributed by atoms with van der Waals surface area (Å²) in [5, 5.41) is 3.63. The molecule has 106 valence electrons. The molecule has 1 unspecified atom stereocenters. The summed E-state index contributed by atoms with van der Waals surface area (Å²) >= 11 is 2.10. The molecule has 2 rings (SSSR count). The Hall–Kier alpha value is 0.230. The standard InChI is InChI=1S/C14H29N3S/c1-16-7-3-13(4-8-16)11-17(2)9-5-14-12-18-10-6-15-14/h13-15H,3-12H2,1-2H3. The number of thioether (sulfide) groups is 1. The van der Waals surface area contributed by atoms with Crippen molar-refractivity contribution in [2.24, 2.45) is 5.92 Å². The van der Waals surface area contributed by atoms with Crippen LogP contribution in [-0.4, -0.2) is 74.2 Å². The molecule has 2 fully saturated rings. The van der Waals surface area contributed by atoms with E-state index in [4.69, 9.17) is 0 Å². The molecule has 0 aromatic carbocycles. The average molecular weight is 271 g/mol. The first-order chi connectivity index (χ1) is 8.74. The third kappa shape index (κ3) is 5.08. The first-order valence-electron chi connectivity index (χ1n) is 7.42. The molecule has 0 aromatic heterocycles. The van der Waals surface area contributed by atoms with Crippen LogP contribution in [0, 0.1) is 5.92 Å². The maximum Gasteiger partial charge on any atom is 0.0170 e. The summed E-state index contributed by atoms with van der Waals surface area (Å²) in [5.41, 5.74) is 0. The highest BCUT2D eigenvalue weighted by Crippen LogP contribution is 2.17. The van der Waals surface area contributed by atoms with E-state index in [2.05, 4.69) is 41.0 Å². The summed E-state index contributed by atoms with van der Waals surface area (Å²) in [6.45, 7) is 6.34. The van der Waals surface area contributed by atoms with Gasteiger partial charge >= 0.3 is 0 Å². The number of rotatable bonds is 5. The third-order valence-corrected chi connectivity index (χ3v) is 5.40. The van der Waals surface area contributed by atoms with Crippen LogP contribution in [0.5, 0.6) is 0 Å². The third-order valence-electron chi connectivity index (χ3n) is 4.27. The predicted octanol–water partition coefficient (Wildman–Crippen LogP) is 1.36. The fourth-order valence-electron chi connectivity index (χ4n) is 2.96. The molecule has 2 heterocycles. The zero-order valence-electron chi connectivity index (χ0n) is 12.0. The van der Waals surface area contributed by atoms with Gasteiger partial charge in [0.05, 0.1) is 0 Å². The molecule has 2 aliphatic heterocycles. The molecule has 0 aromatic rings. The molecule has 2 saturated heterocycles. The van der Waals surface area contributed by atoms with E-state index in [0.717, 1.165) is 12.0 Å². The molecule has 0 bridgehead atoms. The van der Waals surface area contributed by atoms with Crippen molar-refractivity contribution in [3.8, 4) is 0 Å². The van der Waals surface area contributed by atoms with Crippen LogP contribution in [0.2, 0.25) is 0 Å². The lowest BCUT2D eigenvalue weighted by Crippen LogP contribution is -2.41. The Morgan fingerprint density at radius 3 is 2.78 bits per heavy atom. The minimum atomic E-state index is 0.753. The Morgan fingerprint density at radius 2 is 2.11 bits per heavy atom. The van der Waals surface area contributed by atoms with Crippen LogP contribution in [0.3, 0.4) is 0 Å². The number of nitrogens with one attached hydrogen (secondary N) is 1. The second kappa shape index (κ2) is 7.73. The first kappa shape index (κ1) is 14.6. The van der Waals surface area contributed by atoms with Crippen molar-refractivity contribution in [2.45, 2.75) is 25.3 Å². The fourth-order valence-corrected chi connectivity index (χ4v) is 3.96. The van der Waals surface area contributed by atoms with E-state index in [-0.39, 0.29) is 0 Å². The Kier molecular flexibility index (Phi) is 6.29. The lowest BCUT2D eigenvalue weighted by molar-refractivity contribution is 0.174. The second-order valence-electron chi connectivity index (χ2n) is 6.02. The van der Waals surface area contributed by atoms with E-state index in [1.807, 2.05) is 0 Å². The number of hydrogen-bond acceptors (Lipinski definition) is 4. The van der Waals surface area contributed by atoms with Gasteiger partial charge in [-0.05, 0) is 58.9 Å². The van der Waals surface area contributed by atoms with Gasteiger partial charge in [0, 0.05) is 30.6 Å². The normalized spacial score (nSPS) is 27.8. The maximum absolute atomic E-state index is 3.63. The number of piperidine rings is 1. The van der Waals surface area contributed by atoms with E-state index in [9.17, 15) is 0 Å². The first-order valence-corrected chi connectivity index (χ1v) is 8.57. The van der Waals surface area contributed by atoms with Gasteiger partial charge in [-0.1, -0.05) is 0 Å². The molecule has 2 aliphatic rings. The Bertz CT molecular complexity index is 223. The number of nitrogens with zero attached hydrogens (tertiary/aromatic N) is 2. The summed E-state index contributed by atoms with van der Waals surface area (Å²) in [5.74, 6) is 3.53. The van der Waals surface area contributed by atoms with Crippen LogP contribution in [0.1, 0.15) is 19.3 Å². The van der Waals surface area contributed by atoms with Crippen molar-refractivity contribution < 1.29 is 0 Å². The van der Waals surface area contributed by atoms with Gasteiger partial charge in [0.15, 0.2) is 0 Å². The topological polar surface area (TPSA) is 18.5 Å². The smallest absolute Gasteiger partial charge is 0.0170 e. The van der Waals surface area contributed by atoms with Crippen LogP contribution in [0.15, 0.2) is 0 Å². The molecule has 1 N–H and O–H groups in total. The van der Waals surface area contributed by atoms with E-state index >= 15 is 0 Å². The van der Waals surface area contributed by atoms with Gasteiger partial charge in [-0.25, -0.2) is 0 Å². The van der Waals surface area contributed by atoms with E-state index in [1.165, 1.54) is 63.5 Å². The Labute approximate surface area is 117 Å². The van der Waals surface area contributed by atoms with Crippen molar-refractivity contribution in [1.82, 2.24) is 15.1 Å². The maximum atomic E-state index is 3.63. The second-order valence-corrected chi connectivity index (χ2v) is 7.17. The molecule has 0 amide bonds. The SMILES string of the molecule is CN1CCC(CN(C)CCC2CSCCN2)CC1. The molecule has 0 spiro atoms. The summed E-state index contributed by atoms with van der Waals surface area (Å²) in [6, 6.07) is 0.753. The molecule has 1 atom stereocenters. The zero-order chi connectivity index (χ0) is 12.8. The van der Waals surface area contributed by atoms with Crippen LogP contribution >= 0.6 is 11.8 Å². The molecule has 0 aliphatic carbocycles. The van der Waals surface area contributed by atoms with E-state index in [1.54, 1.807) is 0 Å². The van der Waals surface area contributed by atoms with Crippen molar-refractivity contribution in [2.75, 3.05) is 58.3 Å². The molecule has 0 saturated carbocycles. The van der Waals surface area contributed by atoms with E-state index < -0.39 is 0 Å².